The van der Waals surface area contributed by atoms with Gasteiger partial charge in [-0.1, -0.05) is 12.1 Å². The summed E-state index contributed by atoms with van der Waals surface area (Å²) in [5.74, 6) is 0.587. The summed E-state index contributed by atoms with van der Waals surface area (Å²) >= 11 is 0. The second-order valence-corrected chi connectivity index (χ2v) is 4.30. The normalized spacial score (nSPS) is 18.9. The van der Waals surface area contributed by atoms with E-state index in [1.165, 1.54) is 12.7 Å². The molecule has 0 heterocycles. The van der Waals surface area contributed by atoms with Gasteiger partial charge in [0.1, 0.15) is 5.75 Å². The maximum atomic E-state index is 11.2. The summed E-state index contributed by atoms with van der Waals surface area (Å²) in [6, 6.07) is 5.60. The number of phenolic OH excluding ortho intramolecular Hbond substituents is 1. The predicted molar refractivity (Wildman–Crippen MR) is 60.3 cm³/mol. The molecule has 1 atom stereocenters. The van der Waals surface area contributed by atoms with Gasteiger partial charge in [-0.25, -0.2) is 0 Å². The predicted octanol–water partition coefficient (Wildman–Crippen LogP) is 2.06. The van der Waals surface area contributed by atoms with Crippen molar-refractivity contribution in [2.24, 2.45) is 5.92 Å². The Kier molecular flexibility index (Phi) is 3.13. The number of hydrogen-bond acceptors (Lipinski definition) is 3. The maximum absolute atomic E-state index is 11.2. The van der Waals surface area contributed by atoms with Crippen molar-refractivity contribution >= 4 is 5.97 Å². The van der Waals surface area contributed by atoms with Gasteiger partial charge in [0.05, 0.1) is 7.11 Å². The van der Waals surface area contributed by atoms with Crippen molar-refractivity contribution in [3.8, 4) is 5.75 Å². The van der Waals surface area contributed by atoms with E-state index in [4.69, 9.17) is 0 Å². The summed E-state index contributed by atoms with van der Waals surface area (Å²) in [5, 5.41) is 9.68. The number of fused-ring (bicyclic) bond motifs is 1. The average molecular weight is 220 g/mol. The van der Waals surface area contributed by atoms with Crippen LogP contribution in [0.2, 0.25) is 0 Å². The van der Waals surface area contributed by atoms with E-state index in [0.29, 0.717) is 18.1 Å². The number of phenols is 1. The van der Waals surface area contributed by atoms with Crippen molar-refractivity contribution in [2.45, 2.75) is 25.7 Å². The maximum Gasteiger partial charge on any atom is 0.305 e. The molecule has 1 aromatic rings. The topological polar surface area (TPSA) is 46.5 Å². The van der Waals surface area contributed by atoms with Crippen LogP contribution in [-0.2, 0) is 22.4 Å². The van der Waals surface area contributed by atoms with Crippen LogP contribution in [-0.4, -0.2) is 18.2 Å². The molecule has 1 aliphatic rings. The Morgan fingerprint density at radius 3 is 3.12 bits per heavy atom. The summed E-state index contributed by atoms with van der Waals surface area (Å²) < 4.78 is 4.68. The first-order chi connectivity index (χ1) is 7.70. The summed E-state index contributed by atoms with van der Waals surface area (Å²) in [6.07, 6.45) is 3.13. The summed E-state index contributed by atoms with van der Waals surface area (Å²) in [4.78, 5) is 11.2. The Balaban J connectivity index is 2.09. The van der Waals surface area contributed by atoms with Gasteiger partial charge in [0.2, 0.25) is 0 Å². The third-order valence-corrected chi connectivity index (χ3v) is 3.24. The van der Waals surface area contributed by atoms with Crippen LogP contribution in [0, 0.1) is 5.92 Å². The van der Waals surface area contributed by atoms with Gasteiger partial charge in [-0.2, -0.15) is 0 Å². The summed E-state index contributed by atoms with van der Waals surface area (Å²) in [5.41, 5.74) is 2.21. The first-order valence-corrected chi connectivity index (χ1v) is 5.57. The number of ether oxygens (including phenoxy) is 1. The van der Waals surface area contributed by atoms with E-state index in [1.807, 2.05) is 12.1 Å². The lowest BCUT2D eigenvalue weighted by molar-refractivity contribution is -0.141. The molecule has 0 fully saturated rings. The van der Waals surface area contributed by atoms with E-state index in [0.717, 1.165) is 24.8 Å². The van der Waals surface area contributed by atoms with Crippen molar-refractivity contribution in [2.75, 3.05) is 7.11 Å². The molecular formula is C13H16O3. The van der Waals surface area contributed by atoms with E-state index in [-0.39, 0.29) is 5.97 Å². The Morgan fingerprint density at radius 2 is 2.38 bits per heavy atom. The molecule has 1 N–H and O–H groups in total. The van der Waals surface area contributed by atoms with E-state index in [1.54, 1.807) is 6.07 Å². The van der Waals surface area contributed by atoms with Crippen LogP contribution in [0.3, 0.4) is 0 Å². The highest BCUT2D eigenvalue weighted by atomic mass is 16.5. The van der Waals surface area contributed by atoms with Gasteiger partial charge in [0, 0.05) is 6.42 Å². The van der Waals surface area contributed by atoms with Crippen LogP contribution < -0.4 is 0 Å². The lowest BCUT2D eigenvalue weighted by atomic mass is 9.82. The number of benzene rings is 1. The molecule has 0 radical (unpaired) electrons. The fourth-order valence-electron chi connectivity index (χ4n) is 2.36. The number of carbonyl (C=O) groups is 1. The Labute approximate surface area is 95.0 Å². The third-order valence-electron chi connectivity index (χ3n) is 3.24. The number of hydrogen-bond donors (Lipinski definition) is 1. The molecule has 0 amide bonds. The molecule has 1 aliphatic carbocycles. The van der Waals surface area contributed by atoms with Gasteiger partial charge >= 0.3 is 5.97 Å². The zero-order chi connectivity index (χ0) is 11.5. The molecular weight excluding hydrogens is 204 g/mol. The molecule has 16 heavy (non-hydrogen) atoms. The standard InChI is InChI=1S/C13H16O3/c1-16-13(15)8-9-5-6-11-10(7-9)3-2-4-12(11)14/h2-4,9,14H,5-8H2,1H3. The van der Waals surface area contributed by atoms with Gasteiger partial charge < -0.3 is 9.84 Å². The monoisotopic (exact) mass is 220 g/mol. The molecule has 0 spiro atoms. The van der Waals surface area contributed by atoms with Gasteiger partial charge in [-0.15, -0.1) is 0 Å². The minimum absolute atomic E-state index is 0.145. The van der Waals surface area contributed by atoms with Crippen molar-refractivity contribution in [3.63, 3.8) is 0 Å². The quantitative estimate of drug-likeness (QED) is 0.776. The van der Waals surface area contributed by atoms with E-state index in [2.05, 4.69) is 4.74 Å². The molecule has 1 aromatic carbocycles. The minimum atomic E-state index is -0.145. The lowest BCUT2D eigenvalue weighted by Crippen LogP contribution is -2.18. The number of aromatic hydroxyl groups is 1. The SMILES string of the molecule is COC(=O)CC1CCc2c(O)cccc2C1. The highest BCUT2D eigenvalue weighted by Gasteiger charge is 2.22. The van der Waals surface area contributed by atoms with Crippen molar-refractivity contribution in [1.29, 1.82) is 0 Å². The van der Waals surface area contributed by atoms with Crippen LogP contribution in [0.1, 0.15) is 24.0 Å². The molecule has 3 nitrogen and oxygen atoms in total. The van der Waals surface area contributed by atoms with E-state index < -0.39 is 0 Å². The smallest absolute Gasteiger partial charge is 0.305 e. The summed E-state index contributed by atoms with van der Waals surface area (Å²) in [7, 11) is 1.42. The third kappa shape index (κ3) is 2.18. The fourth-order valence-corrected chi connectivity index (χ4v) is 2.36. The second kappa shape index (κ2) is 4.56. The first-order valence-electron chi connectivity index (χ1n) is 5.57. The van der Waals surface area contributed by atoms with Crippen LogP contribution in [0.15, 0.2) is 18.2 Å². The molecule has 0 bridgehead atoms. The fraction of sp³-hybridized carbons (Fsp3) is 0.462. The minimum Gasteiger partial charge on any atom is -0.508 e. The van der Waals surface area contributed by atoms with Crippen molar-refractivity contribution in [3.05, 3.63) is 29.3 Å². The van der Waals surface area contributed by atoms with E-state index in [9.17, 15) is 9.90 Å². The molecule has 0 aliphatic heterocycles. The largest absolute Gasteiger partial charge is 0.508 e. The molecule has 0 saturated heterocycles. The Hall–Kier alpha value is -1.51. The first kappa shape index (κ1) is 11.0. The molecule has 86 valence electrons. The highest BCUT2D eigenvalue weighted by molar-refractivity contribution is 5.69. The van der Waals surface area contributed by atoms with E-state index >= 15 is 0 Å². The van der Waals surface area contributed by atoms with Gasteiger partial charge in [0.15, 0.2) is 0 Å². The van der Waals surface area contributed by atoms with Crippen LogP contribution in [0.4, 0.5) is 0 Å². The zero-order valence-electron chi connectivity index (χ0n) is 9.40. The molecule has 0 aromatic heterocycles. The van der Waals surface area contributed by atoms with Crippen molar-refractivity contribution < 1.29 is 14.6 Å². The Morgan fingerprint density at radius 1 is 1.56 bits per heavy atom. The second-order valence-electron chi connectivity index (χ2n) is 4.30. The van der Waals surface area contributed by atoms with Gasteiger partial charge in [0.25, 0.3) is 0 Å². The lowest BCUT2D eigenvalue weighted by Gasteiger charge is -2.24. The van der Waals surface area contributed by atoms with Crippen LogP contribution in [0.5, 0.6) is 5.75 Å². The molecule has 2 rings (SSSR count). The summed E-state index contributed by atoms with van der Waals surface area (Å²) in [6.45, 7) is 0. The number of methoxy groups -OCH3 is 1. The van der Waals surface area contributed by atoms with Gasteiger partial charge in [-0.05, 0) is 42.4 Å². The number of rotatable bonds is 2. The Bertz CT molecular complexity index is 398. The number of carbonyl (C=O) groups excluding carboxylic acids is 1. The zero-order valence-corrected chi connectivity index (χ0v) is 9.40. The van der Waals surface area contributed by atoms with Crippen molar-refractivity contribution in [1.82, 2.24) is 0 Å². The molecule has 0 saturated carbocycles. The molecule has 3 heteroatoms. The highest BCUT2D eigenvalue weighted by Crippen LogP contribution is 2.32. The number of esters is 1. The van der Waals surface area contributed by atoms with Gasteiger partial charge in [-0.3, -0.25) is 4.79 Å². The average Bonchev–Trinajstić information content (AvgIpc) is 2.29. The van der Waals surface area contributed by atoms with Crippen LogP contribution in [0.25, 0.3) is 0 Å². The van der Waals surface area contributed by atoms with Crippen LogP contribution >= 0.6 is 0 Å². The molecule has 1 unspecified atom stereocenters.